The van der Waals surface area contributed by atoms with Crippen molar-refractivity contribution in [3.8, 4) is 12.3 Å². The van der Waals surface area contributed by atoms with Crippen molar-refractivity contribution < 1.29 is 0 Å². The number of unbranched alkanes of at least 4 members (excludes halogenated alkanes) is 6. The molecule has 0 aliphatic rings. The number of rotatable bonds is 11. The van der Waals surface area contributed by atoms with Crippen molar-refractivity contribution in [2.45, 2.75) is 77.2 Å². The summed E-state index contributed by atoms with van der Waals surface area (Å²) in [5.74, 6) is 8.14. The Kier molecular flexibility index (Phi) is 12.1. The molecule has 1 atom stereocenters. The molecule has 2 nitrogen and oxygen atoms in total. The molecule has 0 heterocycles. The minimum absolute atomic E-state index is 0.409. The summed E-state index contributed by atoms with van der Waals surface area (Å²) >= 11 is 0. The fourth-order valence-corrected chi connectivity index (χ4v) is 1.92. The number of hydrazine groups is 1. The Hall–Kier alpha value is -0.520. The van der Waals surface area contributed by atoms with Crippen molar-refractivity contribution in [2.75, 3.05) is 0 Å². The van der Waals surface area contributed by atoms with Crippen LogP contribution >= 0.6 is 0 Å². The molecule has 0 aliphatic carbocycles. The molecule has 0 spiro atoms. The zero-order valence-electron chi connectivity index (χ0n) is 10.8. The molecular formula is C14H28N2. The Labute approximate surface area is 101 Å². The van der Waals surface area contributed by atoms with Gasteiger partial charge in [0, 0.05) is 12.5 Å². The summed E-state index contributed by atoms with van der Waals surface area (Å²) in [5, 5.41) is 0. The first-order chi connectivity index (χ1) is 7.85. The van der Waals surface area contributed by atoms with E-state index in [-0.39, 0.29) is 0 Å². The van der Waals surface area contributed by atoms with Gasteiger partial charge in [-0.1, -0.05) is 51.9 Å². The molecule has 0 amide bonds. The Balaban J connectivity index is 3.24. The topological polar surface area (TPSA) is 38.0 Å². The molecule has 16 heavy (non-hydrogen) atoms. The van der Waals surface area contributed by atoms with E-state index < -0.39 is 0 Å². The average Bonchev–Trinajstić information content (AvgIpc) is 2.32. The van der Waals surface area contributed by atoms with Crippen molar-refractivity contribution in [3.63, 3.8) is 0 Å². The van der Waals surface area contributed by atoms with Gasteiger partial charge in [0.2, 0.25) is 0 Å². The van der Waals surface area contributed by atoms with Gasteiger partial charge in [-0.05, 0) is 12.8 Å². The second-order valence-electron chi connectivity index (χ2n) is 4.52. The summed E-state index contributed by atoms with van der Waals surface area (Å²) in [6.07, 6.45) is 17.7. The predicted octanol–water partition coefficient (Wildman–Crippen LogP) is 3.37. The summed E-state index contributed by atoms with van der Waals surface area (Å²) in [6, 6.07) is 0.409. The summed E-state index contributed by atoms with van der Waals surface area (Å²) in [5.41, 5.74) is 2.85. The Morgan fingerprint density at radius 2 is 1.69 bits per heavy atom. The van der Waals surface area contributed by atoms with E-state index >= 15 is 0 Å². The molecule has 0 saturated carbocycles. The minimum atomic E-state index is 0.409. The molecular weight excluding hydrogens is 196 g/mol. The molecule has 0 fully saturated rings. The number of hydrogen-bond donors (Lipinski definition) is 2. The Morgan fingerprint density at radius 3 is 2.25 bits per heavy atom. The highest BCUT2D eigenvalue weighted by atomic mass is 15.2. The van der Waals surface area contributed by atoms with Crippen LogP contribution in [-0.4, -0.2) is 6.04 Å². The van der Waals surface area contributed by atoms with Crippen LogP contribution < -0.4 is 11.3 Å². The highest BCUT2D eigenvalue weighted by molar-refractivity contribution is 4.85. The van der Waals surface area contributed by atoms with Gasteiger partial charge >= 0.3 is 0 Å². The predicted molar refractivity (Wildman–Crippen MR) is 71.8 cm³/mol. The van der Waals surface area contributed by atoms with Gasteiger partial charge in [-0.15, -0.1) is 12.3 Å². The summed E-state index contributed by atoms with van der Waals surface area (Å²) in [7, 11) is 0. The van der Waals surface area contributed by atoms with Crippen LogP contribution in [0.4, 0.5) is 0 Å². The molecule has 0 rings (SSSR count). The van der Waals surface area contributed by atoms with Gasteiger partial charge < -0.3 is 0 Å². The Morgan fingerprint density at radius 1 is 1.06 bits per heavy atom. The minimum Gasteiger partial charge on any atom is -0.271 e. The van der Waals surface area contributed by atoms with Crippen LogP contribution in [0.25, 0.3) is 0 Å². The van der Waals surface area contributed by atoms with E-state index in [1.807, 2.05) is 0 Å². The van der Waals surface area contributed by atoms with Gasteiger partial charge in [0.1, 0.15) is 0 Å². The van der Waals surface area contributed by atoms with Crippen LogP contribution in [0.3, 0.4) is 0 Å². The molecule has 0 aliphatic heterocycles. The highest BCUT2D eigenvalue weighted by Crippen LogP contribution is 2.11. The lowest BCUT2D eigenvalue weighted by atomic mass is 10.0. The maximum absolute atomic E-state index is 5.48. The number of nitrogens with two attached hydrogens (primary N) is 1. The van der Waals surface area contributed by atoms with Gasteiger partial charge in [-0.25, -0.2) is 0 Å². The molecule has 0 aromatic rings. The van der Waals surface area contributed by atoms with E-state index in [1.54, 1.807) is 0 Å². The van der Waals surface area contributed by atoms with Gasteiger partial charge in [0.15, 0.2) is 0 Å². The summed E-state index contributed by atoms with van der Waals surface area (Å²) in [4.78, 5) is 0. The monoisotopic (exact) mass is 224 g/mol. The highest BCUT2D eigenvalue weighted by Gasteiger charge is 2.04. The van der Waals surface area contributed by atoms with Gasteiger partial charge in [-0.3, -0.25) is 11.3 Å². The van der Waals surface area contributed by atoms with E-state index in [0.717, 1.165) is 19.3 Å². The second kappa shape index (κ2) is 12.5. The third-order valence-corrected chi connectivity index (χ3v) is 3.03. The zero-order valence-corrected chi connectivity index (χ0v) is 10.8. The molecule has 94 valence electrons. The third kappa shape index (κ3) is 10.0. The Bertz CT molecular complexity index is 172. The summed E-state index contributed by atoms with van der Waals surface area (Å²) in [6.45, 7) is 2.25. The molecule has 3 N–H and O–H groups in total. The lowest BCUT2D eigenvalue weighted by Crippen LogP contribution is -2.34. The first kappa shape index (κ1) is 15.5. The molecule has 0 radical (unpaired) electrons. The lowest BCUT2D eigenvalue weighted by molar-refractivity contribution is 0.442. The van der Waals surface area contributed by atoms with E-state index in [4.69, 9.17) is 12.3 Å². The largest absolute Gasteiger partial charge is 0.271 e. The maximum Gasteiger partial charge on any atom is 0.0219 e. The average molecular weight is 224 g/mol. The van der Waals surface area contributed by atoms with Crippen LogP contribution in [0.2, 0.25) is 0 Å². The van der Waals surface area contributed by atoms with Crippen LogP contribution in [0.5, 0.6) is 0 Å². The van der Waals surface area contributed by atoms with E-state index in [9.17, 15) is 0 Å². The summed E-state index contributed by atoms with van der Waals surface area (Å²) < 4.78 is 0. The molecule has 0 aromatic heterocycles. The van der Waals surface area contributed by atoms with Crippen LogP contribution in [-0.2, 0) is 0 Å². The SMILES string of the molecule is C#CCCC(CCCCCCCCC)NN. The van der Waals surface area contributed by atoms with E-state index in [1.165, 1.54) is 44.9 Å². The quantitative estimate of drug-likeness (QED) is 0.244. The molecule has 0 saturated heterocycles. The van der Waals surface area contributed by atoms with Crippen LogP contribution in [0.1, 0.15) is 71.1 Å². The van der Waals surface area contributed by atoms with E-state index in [0.29, 0.717) is 6.04 Å². The van der Waals surface area contributed by atoms with Crippen molar-refractivity contribution in [1.82, 2.24) is 5.43 Å². The van der Waals surface area contributed by atoms with Crippen LogP contribution in [0.15, 0.2) is 0 Å². The smallest absolute Gasteiger partial charge is 0.0219 e. The molecule has 0 bridgehead atoms. The number of terminal acetylenes is 1. The van der Waals surface area contributed by atoms with Gasteiger partial charge in [0.25, 0.3) is 0 Å². The second-order valence-corrected chi connectivity index (χ2v) is 4.52. The normalized spacial score (nSPS) is 12.3. The standard InChI is InChI=1S/C14H28N2/c1-3-5-7-8-9-10-11-13-14(16-15)12-6-4-2/h2,14,16H,3,5-13,15H2,1H3. The van der Waals surface area contributed by atoms with Crippen molar-refractivity contribution in [1.29, 1.82) is 0 Å². The van der Waals surface area contributed by atoms with Crippen molar-refractivity contribution in [3.05, 3.63) is 0 Å². The first-order valence-corrected chi connectivity index (χ1v) is 6.74. The number of nitrogens with one attached hydrogen (secondary N) is 1. The van der Waals surface area contributed by atoms with Gasteiger partial charge in [0.05, 0.1) is 0 Å². The first-order valence-electron chi connectivity index (χ1n) is 6.74. The fourth-order valence-electron chi connectivity index (χ4n) is 1.92. The zero-order chi connectivity index (χ0) is 12.1. The van der Waals surface area contributed by atoms with E-state index in [2.05, 4.69) is 18.3 Å². The molecule has 0 aromatic carbocycles. The molecule has 1 unspecified atom stereocenters. The molecule has 2 heteroatoms. The lowest BCUT2D eigenvalue weighted by Gasteiger charge is -2.13. The van der Waals surface area contributed by atoms with Crippen molar-refractivity contribution in [2.24, 2.45) is 5.84 Å². The third-order valence-electron chi connectivity index (χ3n) is 3.03. The van der Waals surface area contributed by atoms with Crippen LogP contribution in [0, 0.1) is 12.3 Å². The number of hydrogen-bond acceptors (Lipinski definition) is 2. The maximum atomic E-state index is 5.48. The van der Waals surface area contributed by atoms with Crippen molar-refractivity contribution >= 4 is 0 Å². The fraction of sp³-hybridized carbons (Fsp3) is 0.857. The van der Waals surface area contributed by atoms with Gasteiger partial charge in [-0.2, -0.15) is 0 Å².